The van der Waals surface area contributed by atoms with Gasteiger partial charge >= 0.3 is 0 Å². The molecule has 2 aromatic carbocycles. The molecule has 2 atom stereocenters. The van der Waals surface area contributed by atoms with E-state index >= 15 is 0 Å². The first-order valence-electron chi connectivity index (χ1n) is 8.22. The molecule has 0 amide bonds. The van der Waals surface area contributed by atoms with Gasteiger partial charge in [0.15, 0.2) is 15.0 Å². The normalized spacial score (nSPS) is 23.4. The van der Waals surface area contributed by atoms with Gasteiger partial charge in [-0.1, -0.05) is 53.2 Å². The molecule has 0 N–H and O–H groups in total. The fourth-order valence-corrected chi connectivity index (χ4v) is 6.84. The maximum atomic E-state index is 13.9. The van der Waals surface area contributed by atoms with Gasteiger partial charge in [0.2, 0.25) is 0 Å². The number of amidine groups is 1. The average Bonchev–Trinajstić information content (AvgIpc) is 3.04. The van der Waals surface area contributed by atoms with Gasteiger partial charge in [-0.15, -0.1) is 0 Å². The van der Waals surface area contributed by atoms with Gasteiger partial charge in [0.1, 0.15) is 5.82 Å². The molecular formula is C18H15Cl2FN2O2S2. The second-order valence-corrected chi connectivity index (χ2v) is 10.5. The van der Waals surface area contributed by atoms with Crippen LogP contribution < -0.4 is 4.90 Å². The number of aliphatic imine (C=N–C) groups is 1. The molecule has 0 aliphatic carbocycles. The molecular weight excluding hydrogens is 430 g/mol. The van der Waals surface area contributed by atoms with Gasteiger partial charge < -0.3 is 4.90 Å². The first-order valence-corrected chi connectivity index (χ1v) is 11.8. The molecule has 4 rings (SSSR count). The summed E-state index contributed by atoms with van der Waals surface area (Å²) in [6.07, 6.45) is 0. The van der Waals surface area contributed by atoms with Crippen molar-refractivity contribution in [3.63, 3.8) is 0 Å². The van der Waals surface area contributed by atoms with E-state index in [1.165, 1.54) is 17.8 Å². The molecule has 0 bridgehead atoms. The summed E-state index contributed by atoms with van der Waals surface area (Å²) < 4.78 is 38.1. The van der Waals surface area contributed by atoms with E-state index in [4.69, 9.17) is 23.2 Å². The molecule has 0 unspecified atom stereocenters. The molecule has 0 saturated carbocycles. The Bertz CT molecular complexity index is 1010. The van der Waals surface area contributed by atoms with Crippen LogP contribution >= 0.6 is 35.0 Å². The highest BCUT2D eigenvalue weighted by Gasteiger charge is 2.47. The van der Waals surface area contributed by atoms with Crippen LogP contribution in [-0.4, -0.2) is 37.2 Å². The first kappa shape index (κ1) is 19.1. The second kappa shape index (κ2) is 7.28. The molecule has 27 heavy (non-hydrogen) atoms. The van der Waals surface area contributed by atoms with Crippen molar-refractivity contribution in [1.29, 1.82) is 0 Å². The van der Waals surface area contributed by atoms with E-state index in [0.717, 1.165) is 0 Å². The van der Waals surface area contributed by atoms with Crippen molar-refractivity contribution >= 4 is 55.7 Å². The standard InChI is InChI=1S/C18H15Cl2FN2O2S2/c19-12-5-13(20)7-14(6-12)23-17-10-27(24,25)9-16(17)22-18(23)26-8-11-3-1-2-4-15(11)21/h1-7,16-17H,8-10H2/t16-,17-/m0/s1. The van der Waals surface area contributed by atoms with Gasteiger partial charge in [0.05, 0.1) is 23.6 Å². The Morgan fingerprint density at radius 1 is 1.15 bits per heavy atom. The topological polar surface area (TPSA) is 49.7 Å². The van der Waals surface area contributed by atoms with E-state index in [9.17, 15) is 12.8 Å². The predicted molar refractivity (Wildman–Crippen MR) is 110 cm³/mol. The van der Waals surface area contributed by atoms with Gasteiger partial charge in [-0.2, -0.15) is 0 Å². The molecule has 1 saturated heterocycles. The van der Waals surface area contributed by atoms with Gasteiger partial charge in [0.25, 0.3) is 0 Å². The summed E-state index contributed by atoms with van der Waals surface area (Å²) in [5.74, 6) is 0.160. The quantitative estimate of drug-likeness (QED) is 0.703. The number of halogens is 3. The number of hydrogen-bond acceptors (Lipinski definition) is 5. The number of benzene rings is 2. The summed E-state index contributed by atoms with van der Waals surface area (Å²) in [5.41, 5.74) is 1.26. The molecule has 0 aromatic heterocycles. The van der Waals surface area contributed by atoms with E-state index in [2.05, 4.69) is 4.99 Å². The van der Waals surface area contributed by atoms with Crippen LogP contribution in [0.25, 0.3) is 0 Å². The largest absolute Gasteiger partial charge is 0.315 e. The summed E-state index contributed by atoms with van der Waals surface area (Å²) in [4.78, 5) is 6.50. The van der Waals surface area contributed by atoms with Crippen LogP contribution in [-0.2, 0) is 15.6 Å². The van der Waals surface area contributed by atoms with Gasteiger partial charge in [-0.05, 0) is 29.8 Å². The van der Waals surface area contributed by atoms with Crippen molar-refractivity contribution in [2.45, 2.75) is 17.8 Å². The minimum atomic E-state index is -3.15. The predicted octanol–water partition coefficient (Wildman–Crippen LogP) is 4.41. The van der Waals surface area contributed by atoms with Gasteiger partial charge in [-0.25, -0.2) is 12.8 Å². The van der Waals surface area contributed by atoms with Crippen LogP contribution in [0.5, 0.6) is 0 Å². The Hall–Kier alpha value is -1.28. The minimum Gasteiger partial charge on any atom is -0.315 e. The highest BCUT2D eigenvalue weighted by Crippen LogP contribution is 2.38. The maximum absolute atomic E-state index is 13.9. The van der Waals surface area contributed by atoms with Crippen molar-refractivity contribution in [2.24, 2.45) is 4.99 Å². The van der Waals surface area contributed by atoms with E-state index < -0.39 is 9.84 Å². The minimum absolute atomic E-state index is 0.0201. The number of rotatable bonds is 3. The lowest BCUT2D eigenvalue weighted by Crippen LogP contribution is -2.39. The Kier molecular flexibility index (Phi) is 5.14. The van der Waals surface area contributed by atoms with E-state index in [-0.39, 0.29) is 29.4 Å². The van der Waals surface area contributed by atoms with Crippen LogP contribution in [0.15, 0.2) is 47.5 Å². The van der Waals surface area contributed by atoms with Crippen LogP contribution in [0.3, 0.4) is 0 Å². The monoisotopic (exact) mass is 444 g/mol. The summed E-state index contributed by atoms with van der Waals surface area (Å²) >= 11 is 13.7. The maximum Gasteiger partial charge on any atom is 0.164 e. The Labute approximate surface area is 171 Å². The number of fused-ring (bicyclic) bond motifs is 1. The Morgan fingerprint density at radius 2 is 1.85 bits per heavy atom. The smallest absolute Gasteiger partial charge is 0.164 e. The SMILES string of the molecule is O=S1(=O)C[C@@H]2N=C(SCc3ccccc3F)N(c3cc(Cl)cc(Cl)c3)[C@H]2C1. The average molecular weight is 445 g/mol. The highest BCUT2D eigenvalue weighted by molar-refractivity contribution is 8.13. The third kappa shape index (κ3) is 3.97. The molecule has 0 spiro atoms. The summed E-state index contributed by atoms with van der Waals surface area (Å²) in [5, 5.41) is 1.57. The Balaban J connectivity index is 1.66. The highest BCUT2D eigenvalue weighted by atomic mass is 35.5. The summed E-state index contributed by atoms with van der Waals surface area (Å²) in [7, 11) is -3.15. The fraction of sp³-hybridized carbons (Fsp3) is 0.278. The van der Waals surface area contributed by atoms with Crippen molar-refractivity contribution < 1.29 is 12.8 Å². The molecule has 4 nitrogen and oxygen atoms in total. The zero-order valence-corrected chi connectivity index (χ0v) is 17.1. The molecule has 2 aromatic rings. The molecule has 2 aliphatic heterocycles. The summed E-state index contributed by atoms with van der Waals surface area (Å²) in [6, 6.07) is 11.0. The second-order valence-electron chi connectivity index (χ2n) is 6.50. The lowest BCUT2D eigenvalue weighted by molar-refractivity contribution is 0.601. The van der Waals surface area contributed by atoms with E-state index in [0.29, 0.717) is 32.2 Å². The molecule has 0 radical (unpaired) electrons. The number of hydrogen-bond donors (Lipinski definition) is 0. The zero-order valence-electron chi connectivity index (χ0n) is 14.0. The number of anilines is 1. The van der Waals surface area contributed by atoms with Gasteiger partial charge in [-0.3, -0.25) is 4.99 Å². The lowest BCUT2D eigenvalue weighted by atomic mass is 10.1. The van der Waals surface area contributed by atoms with Crippen LogP contribution in [0.2, 0.25) is 10.0 Å². The fourth-order valence-electron chi connectivity index (χ4n) is 3.37. The lowest BCUT2D eigenvalue weighted by Gasteiger charge is -2.27. The van der Waals surface area contributed by atoms with Crippen molar-refractivity contribution in [3.8, 4) is 0 Å². The van der Waals surface area contributed by atoms with Crippen LogP contribution in [0.4, 0.5) is 10.1 Å². The van der Waals surface area contributed by atoms with Crippen molar-refractivity contribution in [1.82, 2.24) is 0 Å². The van der Waals surface area contributed by atoms with Crippen LogP contribution in [0, 0.1) is 5.82 Å². The van der Waals surface area contributed by atoms with Crippen LogP contribution in [0.1, 0.15) is 5.56 Å². The zero-order chi connectivity index (χ0) is 19.2. The van der Waals surface area contributed by atoms with E-state index in [1.54, 1.807) is 36.4 Å². The molecule has 9 heteroatoms. The number of thioether (sulfide) groups is 1. The molecule has 2 heterocycles. The van der Waals surface area contributed by atoms with E-state index in [1.807, 2.05) is 4.90 Å². The van der Waals surface area contributed by atoms with Crippen molar-refractivity contribution in [3.05, 3.63) is 63.9 Å². The summed E-state index contributed by atoms with van der Waals surface area (Å²) in [6.45, 7) is 0. The first-order chi connectivity index (χ1) is 12.8. The molecule has 142 valence electrons. The van der Waals surface area contributed by atoms with Crippen molar-refractivity contribution in [2.75, 3.05) is 16.4 Å². The third-order valence-electron chi connectivity index (χ3n) is 4.55. The van der Waals surface area contributed by atoms with Gasteiger partial charge in [0, 0.05) is 21.5 Å². The third-order valence-corrected chi connectivity index (χ3v) is 7.70. The number of sulfone groups is 1. The molecule has 2 aliphatic rings. The molecule has 1 fully saturated rings. The Morgan fingerprint density at radius 3 is 2.56 bits per heavy atom. The number of nitrogens with zero attached hydrogens (tertiary/aromatic N) is 2.